The molecule has 1 heterocycles. The first-order valence-corrected chi connectivity index (χ1v) is 4.87. The number of hydrogen-bond donors (Lipinski definition) is 1. The molecule has 84 valence electrons. The number of rotatable bonds is 4. The highest BCUT2D eigenvalue weighted by Gasteiger charge is 2.05. The van der Waals surface area contributed by atoms with Crippen LogP contribution in [0.1, 0.15) is 5.56 Å². The molecule has 1 aromatic carbocycles. The van der Waals surface area contributed by atoms with Gasteiger partial charge in [-0.05, 0) is 18.2 Å². The lowest BCUT2D eigenvalue weighted by Crippen LogP contribution is -1.97. The molecule has 0 bridgehead atoms. The first-order chi connectivity index (χ1) is 7.79. The highest BCUT2D eigenvalue weighted by atomic mass is 16.5. The molecule has 0 fully saturated rings. The van der Waals surface area contributed by atoms with Gasteiger partial charge in [0.2, 0.25) is 0 Å². The van der Waals surface area contributed by atoms with Crippen molar-refractivity contribution >= 4 is 5.69 Å². The lowest BCUT2D eigenvalue weighted by molar-refractivity contribution is 0.283. The average Bonchev–Trinajstić information content (AvgIpc) is 2.79. The van der Waals surface area contributed by atoms with Gasteiger partial charge in [0.25, 0.3) is 0 Å². The van der Waals surface area contributed by atoms with Crippen LogP contribution in [-0.2, 0) is 6.61 Å². The van der Waals surface area contributed by atoms with Crippen molar-refractivity contribution in [2.24, 2.45) is 0 Å². The van der Waals surface area contributed by atoms with Gasteiger partial charge in [-0.25, -0.2) is 0 Å². The van der Waals surface area contributed by atoms with Crippen molar-refractivity contribution in [3.8, 4) is 11.5 Å². The second kappa shape index (κ2) is 4.61. The molecule has 0 spiro atoms. The standard InChI is InChI=1S/C12H13NO3/c1-14-11-3-2-10(13)6-12(11)16-8-9-4-5-15-7-9/h2-7H,8,13H2,1H3. The number of furan rings is 1. The molecule has 4 nitrogen and oxygen atoms in total. The SMILES string of the molecule is COc1ccc(N)cc1OCc1ccoc1. The lowest BCUT2D eigenvalue weighted by Gasteiger charge is -2.10. The summed E-state index contributed by atoms with van der Waals surface area (Å²) in [5, 5.41) is 0. The molecule has 1 aromatic heterocycles. The lowest BCUT2D eigenvalue weighted by atomic mass is 10.3. The predicted molar refractivity (Wildman–Crippen MR) is 60.4 cm³/mol. The topological polar surface area (TPSA) is 57.6 Å². The second-order valence-electron chi connectivity index (χ2n) is 3.33. The Morgan fingerprint density at radius 1 is 1.25 bits per heavy atom. The fourth-order valence-electron chi connectivity index (χ4n) is 1.34. The van der Waals surface area contributed by atoms with Crippen LogP contribution in [0.3, 0.4) is 0 Å². The maximum absolute atomic E-state index is 5.68. The third-order valence-electron chi connectivity index (χ3n) is 2.16. The Bertz CT molecular complexity index is 451. The molecule has 2 aromatic rings. The molecular weight excluding hydrogens is 206 g/mol. The summed E-state index contributed by atoms with van der Waals surface area (Å²) in [6.45, 7) is 0.427. The van der Waals surface area contributed by atoms with Gasteiger partial charge < -0.3 is 19.6 Å². The van der Waals surface area contributed by atoms with E-state index >= 15 is 0 Å². The molecule has 2 rings (SSSR count). The number of hydrogen-bond acceptors (Lipinski definition) is 4. The summed E-state index contributed by atoms with van der Waals surface area (Å²) < 4.78 is 15.7. The monoisotopic (exact) mass is 219 g/mol. The fourth-order valence-corrected chi connectivity index (χ4v) is 1.34. The Kier molecular flexibility index (Phi) is 3.00. The van der Waals surface area contributed by atoms with E-state index in [4.69, 9.17) is 19.6 Å². The first kappa shape index (κ1) is 10.4. The van der Waals surface area contributed by atoms with Gasteiger partial charge in [0.15, 0.2) is 11.5 Å². The summed E-state index contributed by atoms with van der Waals surface area (Å²) >= 11 is 0. The molecule has 0 aliphatic rings. The van der Waals surface area contributed by atoms with Crippen LogP contribution in [0.15, 0.2) is 41.2 Å². The third kappa shape index (κ3) is 2.28. The van der Waals surface area contributed by atoms with Crippen molar-refractivity contribution < 1.29 is 13.9 Å². The minimum absolute atomic E-state index is 0.427. The van der Waals surface area contributed by atoms with E-state index < -0.39 is 0 Å². The van der Waals surface area contributed by atoms with E-state index in [0.717, 1.165) is 5.56 Å². The molecule has 0 saturated heterocycles. The molecule has 0 amide bonds. The number of methoxy groups -OCH3 is 1. The van der Waals surface area contributed by atoms with Gasteiger partial charge in [-0.2, -0.15) is 0 Å². The smallest absolute Gasteiger partial charge is 0.163 e. The van der Waals surface area contributed by atoms with E-state index in [1.165, 1.54) is 0 Å². The van der Waals surface area contributed by atoms with Crippen LogP contribution < -0.4 is 15.2 Å². The summed E-state index contributed by atoms with van der Waals surface area (Å²) in [6, 6.07) is 7.13. The Morgan fingerprint density at radius 3 is 2.81 bits per heavy atom. The quantitative estimate of drug-likeness (QED) is 0.802. The Morgan fingerprint density at radius 2 is 2.12 bits per heavy atom. The van der Waals surface area contributed by atoms with Crippen LogP contribution in [0, 0.1) is 0 Å². The average molecular weight is 219 g/mol. The maximum atomic E-state index is 5.68. The van der Waals surface area contributed by atoms with Crippen molar-refractivity contribution in [2.75, 3.05) is 12.8 Å². The number of nitrogens with two attached hydrogens (primary N) is 1. The summed E-state index contributed by atoms with van der Waals surface area (Å²) in [5.41, 5.74) is 7.28. The van der Waals surface area contributed by atoms with E-state index in [-0.39, 0.29) is 0 Å². The number of anilines is 1. The zero-order chi connectivity index (χ0) is 11.4. The van der Waals surface area contributed by atoms with E-state index in [1.54, 1.807) is 37.8 Å². The Balaban J connectivity index is 2.11. The zero-order valence-electron chi connectivity index (χ0n) is 8.97. The fraction of sp³-hybridized carbons (Fsp3) is 0.167. The van der Waals surface area contributed by atoms with Crippen molar-refractivity contribution in [3.63, 3.8) is 0 Å². The largest absolute Gasteiger partial charge is 0.493 e. The van der Waals surface area contributed by atoms with Gasteiger partial charge in [0, 0.05) is 17.3 Å². The molecule has 2 N–H and O–H groups in total. The number of benzene rings is 1. The molecule has 0 saturated carbocycles. The number of nitrogen functional groups attached to an aromatic ring is 1. The summed E-state index contributed by atoms with van der Waals surface area (Å²) in [6.07, 6.45) is 3.24. The van der Waals surface area contributed by atoms with Crippen LogP contribution in [0.25, 0.3) is 0 Å². The molecule has 16 heavy (non-hydrogen) atoms. The Labute approximate surface area is 93.6 Å². The summed E-state index contributed by atoms with van der Waals surface area (Å²) in [4.78, 5) is 0. The van der Waals surface area contributed by atoms with E-state index in [1.807, 2.05) is 6.07 Å². The molecule has 0 atom stereocenters. The normalized spacial score (nSPS) is 10.1. The molecular formula is C12H13NO3. The van der Waals surface area contributed by atoms with Crippen molar-refractivity contribution in [1.82, 2.24) is 0 Å². The summed E-state index contributed by atoms with van der Waals surface area (Å²) in [5.74, 6) is 1.29. The highest BCUT2D eigenvalue weighted by Crippen LogP contribution is 2.29. The van der Waals surface area contributed by atoms with Crippen LogP contribution in [0.2, 0.25) is 0 Å². The molecule has 0 unspecified atom stereocenters. The second-order valence-corrected chi connectivity index (χ2v) is 3.33. The Hall–Kier alpha value is -2.10. The molecule has 4 heteroatoms. The minimum atomic E-state index is 0.427. The van der Waals surface area contributed by atoms with Crippen LogP contribution in [0.4, 0.5) is 5.69 Å². The van der Waals surface area contributed by atoms with Gasteiger partial charge in [-0.3, -0.25) is 0 Å². The third-order valence-corrected chi connectivity index (χ3v) is 2.16. The maximum Gasteiger partial charge on any atom is 0.163 e. The predicted octanol–water partition coefficient (Wildman–Crippen LogP) is 2.45. The molecule has 0 aliphatic heterocycles. The first-order valence-electron chi connectivity index (χ1n) is 4.87. The van der Waals surface area contributed by atoms with Gasteiger partial charge in [0.05, 0.1) is 19.6 Å². The van der Waals surface area contributed by atoms with Gasteiger partial charge in [0.1, 0.15) is 6.61 Å². The van der Waals surface area contributed by atoms with Crippen LogP contribution in [-0.4, -0.2) is 7.11 Å². The van der Waals surface area contributed by atoms with Gasteiger partial charge in [-0.15, -0.1) is 0 Å². The van der Waals surface area contributed by atoms with Crippen LogP contribution in [0.5, 0.6) is 11.5 Å². The molecule has 0 radical (unpaired) electrons. The van der Waals surface area contributed by atoms with E-state index in [2.05, 4.69) is 0 Å². The zero-order valence-corrected chi connectivity index (χ0v) is 8.97. The van der Waals surface area contributed by atoms with Gasteiger partial charge in [-0.1, -0.05) is 0 Å². The molecule has 0 aliphatic carbocycles. The highest BCUT2D eigenvalue weighted by molar-refractivity contribution is 5.51. The minimum Gasteiger partial charge on any atom is -0.493 e. The van der Waals surface area contributed by atoms with Crippen LogP contribution >= 0.6 is 0 Å². The van der Waals surface area contributed by atoms with Gasteiger partial charge >= 0.3 is 0 Å². The van der Waals surface area contributed by atoms with Crippen molar-refractivity contribution in [3.05, 3.63) is 42.4 Å². The van der Waals surface area contributed by atoms with E-state index in [9.17, 15) is 0 Å². The summed E-state index contributed by atoms with van der Waals surface area (Å²) in [7, 11) is 1.59. The van der Waals surface area contributed by atoms with E-state index in [0.29, 0.717) is 23.8 Å². The van der Waals surface area contributed by atoms with Crippen molar-refractivity contribution in [1.29, 1.82) is 0 Å². The van der Waals surface area contributed by atoms with Crippen molar-refractivity contribution in [2.45, 2.75) is 6.61 Å². The number of ether oxygens (including phenoxy) is 2.